The molecule has 4 rings (SSSR count). The lowest BCUT2D eigenvalue weighted by molar-refractivity contribution is 0.475. The zero-order chi connectivity index (χ0) is 26.1. The third-order valence-corrected chi connectivity index (χ3v) is 7.15. The lowest BCUT2D eigenvalue weighted by Crippen LogP contribution is -1.88. The average Bonchev–Trinajstić information content (AvgIpc) is 2.80. The lowest BCUT2D eigenvalue weighted by Gasteiger charge is -2.09. The molecule has 0 saturated carbocycles. The summed E-state index contributed by atoms with van der Waals surface area (Å²) in [6.45, 7) is 0. The van der Waals surface area contributed by atoms with Crippen LogP contribution in [0.2, 0.25) is 35.4 Å². The number of hydrogen-bond acceptors (Lipinski definition) is 4. The normalized spacial score (nSPS) is 9.97. The van der Waals surface area contributed by atoms with Gasteiger partial charge in [0.05, 0.1) is 20.1 Å². The predicted molar refractivity (Wildman–Crippen MR) is 154 cm³/mol. The lowest BCUT2D eigenvalue weighted by atomic mass is 10.3. The molecule has 1 N–H and O–H groups in total. The van der Waals surface area contributed by atoms with Crippen molar-refractivity contribution in [3.8, 4) is 17.2 Å². The van der Waals surface area contributed by atoms with Gasteiger partial charge in [0, 0.05) is 27.4 Å². The van der Waals surface area contributed by atoms with Crippen molar-refractivity contribution in [1.29, 1.82) is 0 Å². The van der Waals surface area contributed by atoms with Crippen LogP contribution in [0.1, 0.15) is 0 Å². The van der Waals surface area contributed by atoms with Gasteiger partial charge in [0.25, 0.3) is 0 Å². The third-order valence-electron chi connectivity index (χ3n) is 3.63. The van der Waals surface area contributed by atoms with E-state index in [1.807, 2.05) is 6.07 Å². The number of rotatable bonds is 2. The molecular weight excluding hydrogens is 732 g/mol. The standard InChI is InChI=1S/C11H5BrCl3NO.C6H4BrClO.C5H2Cl3N/c12-6-1-2-8(7(13)5-6)17-9-3-4-16-11(15)10(9)14;7-4-1-2-6(9)5(8)3-4;6-3-1-2-9-5(8)4(3)7/h1-5H;1-3,9H;1-2H. The molecular formula is C22H11Br2Cl7N2O2. The van der Waals surface area contributed by atoms with Gasteiger partial charge in [-0.05, 0) is 42.5 Å². The Hall–Kier alpha value is -0.670. The minimum absolute atomic E-state index is 0.111. The molecule has 2 heterocycles. The molecule has 0 aliphatic rings. The van der Waals surface area contributed by atoms with Crippen LogP contribution < -0.4 is 4.74 Å². The summed E-state index contributed by atoms with van der Waals surface area (Å²) in [6, 6.07) is 13.4. The number of benzene rings is 2. The molecule has 0 aliphatic carbocycles. The summed E-state index contributed by atoms with van der Waals surface area (Å²) in [4.78, 5) is 7.52. The van der Waals surface area contributed by atoms with Gasteiger partial charge in [-0.25, -0.2) is 9.97 Å². The van der Waals surface area contributed by atoms with Gasteiger partial charge < -0.3 is 9.84 Å². The summed E-state index contributed by atoms with van der Waals surface area (Å²) in [6.07, 6.45) is 3.01. The van der Waals surface area contributed by atoms with Gasteiger partial charge in [0.2, 0.25) is 0 Å². The van der Waals surface area contributed by atoms with Gasteiger partial charge in [-0.3, -0.25) is 0 Å². The molecule has 35 heavy (non-hydrogen) atoms. The highest BCUT2D eigenvalue weighted by Crippen LogP contribution is 2.37. The van der Waals surface area contributed by atoms with Crippen molar-refractivity contribution in [2.45, 2.75) is 0 Å². The second-order valence-electron chi connectivity index (χ2n) is 6.08. The van der Waals surface area contributed by atoms with Crippen LogP contribution in [0.5, 0.6) is 17.2 Å². The van der Waals surface area contributed by atoms with E-state index >= 15 is 0 Å². The molecule has 0 fully saturated rings. The SMILES string of the molecule is Clc1cc(Br)ccc1Oc1ccnc(Cl)c1Cl.Clc1ccnc(Cl)c1Cl.Oc1ccc(Br)cc1Cl. The van der Waals surface area contributed by atoms with Crippen LogP contribution in [-0.4, -0.2) is 15.1 Å². The van der Waals surface area contributed by atoms with Crippen molar-refractivity contribution >= 4 is 113 Å². The second kappa shape index (κ2) is 14.9. The number of aromatic hydroxyl groups is 1. The fraction of sp³-hybridized carbons (Fsp3) is 0. The Morgan fingerprint density at radius 1 is 0.600 bits per heavy atom. The first kappa shape index (κ1) is 30.6. The number of halogens is 9. The van der Waals surface area contributed by atoms with Gasteiger partial charge in [0.15, 0.2) is 10.9 Å². The summed E-state index contributed by atoms with van der Waals surface area (Å²) in [7, 11) is 0. The highest BCUT2D eigenvalue weighted by molar-refractivity contribution is 9.10. The molecule has 2 aromatic heterocycles. The topological polar surface area (TPSA) is 55.2 Å². The van der Waals surface area contributed by atoms with E-state index in [9.17, 15) is 0 Å². The minimum Gasteiger partial charge on any atom is -0.506 e. The van der Waals surface area contributed by atoms with E-state index < -0.39 is 0 Å². The Kier molecular flexibility index (Phi) is 13.0. The number of phenolic OH excluding ortho intramolecular Hbond substituents is 1. The third kappa shape index (κ3) is 9.95. The fourth-order valence-electron chi connectivity index (χ4n) is 2.03. The highest BCUT2D eigenvalue weighted by Gasteiger charge is 2.10. The molecule has 0 bridgehead atoms. The molecule has 4 aromatic rings. The summed E-state index contributed by atoms with van der Waals surface area (Å²) < 4.78 is 7.30. The summed E-state index contributed by atoms with van der Waals surface area (Å²) in [5, 5.41) is 11.2. The van der Waals surface area contributed by atoms with E-state index in [0.717, 1.165) is 8.95 Å². The monoisotopic (exact) mass is 738 g/mol. The first-order valence-electron chi connectivity index (χ1n) is 9.02. The molecule has 0 radical (unpaired) electrons. The van der Waals surface area contributed by atoms with Crippen molar-refractivity contribution in [2.75, 3.05) is 0 Å². The smallest absolute Gasteiger partial charge is 0.151 e. The summed E-state index contributed by atoms with van der Waals surface area (Å²) in [5.74, 6) is 1.02. The van der Waals surface area contributed by atoms with Gasteiger partial charge in [-0.2, -0.15) is 0 Å². The Bertz CT molecular complexity index is 1290. The van der Waals surface area contributed by atoms with Gasteiger partial charge in [0.1, 0.15) is 21.7 Å². The molecule has 4 nitrogen and oxygen atoms in total. The van der Waals surface area contributed by atoms with Gasteiger partial charge >= 0.3 is 0 Å². The molecule has 0 amide bonds. The zero-order valence-corrected chi connectivity index (χ0v) is 25.4. The quantitative estimate of drug-likeness (QED) is 0.208. The fourth-order valence-corrected chi connectivity index (χ4v) is 4.18. The van der Waals surface area contributed by atoms with Crippen LogP contribution in [0.4, 0.5) is 0 Å². The Balaban J connectivity index is 0.000000203. The molecule has 0 saturated heterocycles. The van der Waals surface area contributed by atoms with Crippen molar-refractivity contribution in [3.05, 3.63) is 105 Å². The largest absolute Gasteiger partial charge is 0.506 e. The van der Waals surface area contributed by atoms with Crippen LogP contribution in [0.25, 0.3) is 0 Å². The number of ether oxygens (including phenoxy) is 1. The van der Waals surface area contributed by atoms with E-state index in [1.54, 1.807) is 36.4 Å². The maximum Gasteiger partial charge on any atom is 0.151 e. The van der Waals surface area contributed by atoms with Gasteiger partial charge in [-0.15, -0.1) is 0 Å². The maximum absolute atomic E-state index is 8.89. The van der Waals surface area contributed by atoms with E-state index in [4.69, 9.17) is 91.0 Å². The van der Waals surface area contributed by atoms with Crippen LogP contribution in [0.3, 0.4) is 0 Å². The molecule has 0 atom stereocenters. The number of hydrogen-bond donors (Lipinski definition) is 1. The van der Waals surface area contributed by atoms with Crippen molar-refractivity contribution in [2.24, 2.45) is 0 Å². The van der Waals surface area contributed by atoms with Crippen LogP contribution in [-0.2, 0) is 0 Å². The van der Waals surface area contributed by atoms with Gasteiger partial charge in [-0.1, -0.05) is 113 Å². The van der Waals surface area contributed by atoms with E-state index in [-0.39, 0.29) is 21.1 Å². The van der Waals surface area contributed by atoms with E-state index in [2.05, 4.69) is 41.8 Å². The molecule has 2 aromatic carbocycles. The Labute approximate surface area is 253 Å². The highest BCUT2D eigenvalue weighted by atomic mass is 79.9. The van der Waals surface area contributed by atoms with Crippen molar-refractivity contribution in [3.63, 3.8) is 0 Å². The number of phenols is 1. The molecule has 13 heteroatoms. The van der Waals surface area contributed by atoms with Crippen LogP contribution in [0.15, 0.2) is 69.9 Å². The summed E-state index contributed by atoms with van der Waals surface area (Å²) >= 11 is 46.4. The molecule has 184 valence electrons. The number of nitrogens with zero attached hydrogens (tertiary/aromatic N) is 2. The first-order valence-corrected chi connectivity index (χ1v) is 13.2. The van der Waals surface area contributed by atoms with Crippen molar-refractivity contribution < 1.29 is 9.84 Å². The van der Waals surface area contributed by atoms with E-state index in [1.165, 1.54) is 18.5 Å². The average molecular weight is 743 g/mol. The number of aromatic nitrogens is 2. The second-order valence-corrected chi connectivity index (χ2v) is 10.6. The molecule has 0 spiro atoms. The maximum atomic E-state index is 8.89. The van der Waals surface area contributed by atoms with Crippen LogP contribution in [0, 0.1) is 0 Å². The molecule has 0 aliphatic heterocycles. The first-order chi connectivity index (χ1) is 16.5. The molecule has 0 unspecified atom stereocenters. The minimum atomic E-state index is 0.111. The summed E-state index contributed by atoms with van der Waals surface area (Å²) in [5.41, 5.74) is 0. The van der Waals surface area contributed by atoms with Crippen molar-refractivity contribution in [1.82, 2.24) is 9.97 Å². The zero-order valence-electron chi connectivity index (χ0n) is 16.9. The number of pyridine rings is 2. The Morgan fingerprint density at radius 3 is 1.66 bits per heavy atom. The van der Waals surface area contributed by atoms with E-state index in [0.29, 0.717) is 31.6 Å². The predicted octanol–water partition coefficient (Wildman–Crippen LogP) is 11.4. The van der Waals surface area contributed by atoms with Crippen LogP contribution >= 0.6 is 113 Å². The Morgan fingerprint density at radius 2 is 1.14 bits per heavy atom.